The van der Waals surface area contributed by atoms with Crippen LogP contribution in [-0.4, -0.2) is 18.9 Å². The number of carbonyl (C=O) groups excluding carboxylic acids is 1. The lowest BCUT2D eigenvalue weighted by Crippen LogP contribution is -2.35. The van der Waals surface area contributed by atoms with Crippen molar-refractivity contribution in [1.29, 1.82) is 0 Å². The monoisotopic (exact) mass is 312 g/mol. The Bertz CT molecular complexity index is 666. The quantitative estimate of drug-likeness (QED) is 0.608. The molecule has 0 aliphatic rings. The van der Waals surface area contributed by atoms with Gasteiger partial charge >= 0.3 is 0 Å². The number of methoxy groups -OCH3 is 1. The van der Waals surface area contributed by atoms with Crippen LogP contribution in [0.4, 0.5) is 5.69 Å². The average molecular weight is 312 g/mol. The van der Waals surface area contributed by atoms with E-state index in [1.807, 2.05) is 6.92 Å². The SMILES string of the molecule is CCC(NCc1ccc(C)cc1)C(=O)c1ccc(OC)c(N)c1. The van der Waals surface area contributed by atoms with Gasteiger partial charge in [-0.1, -0.05) is 36.8 Å². The summed E-state index contributed by atoms with van der Waals surface area (Å²) in [6.07, 6.45) is 0.719. The Labute approximate surface area is 137 Å². The van der Waals surface area contributed by atoms with Crippen molar-refractivity contribution >= 4 is 11.5 Å². The standard InChI is InChI=1S/C19H24N2O2/c1-4-17(21-12-14-7-5-13(2)6-8-14)19(22)15-9-10-18(23-3)16(20)11-15/h5-11,17,21H,4,12,20H2,1-3H3. The zero-order chi connectivity index (χ0) is 16.8. The van der Waals surface area contributed by atoms with Gasteiger partial charge < -0.3 is 15.8 Å². The molecule has 0 saturated heterocycles. The lowest BCUT2D eigenvalue weighted by molar-refractivity contribution is 0.0939. The number of benzene rings is 2. The van der Waals surface area contributed by atoms with Gasteiger partial charge in [0.2, 0.25) is 0 Å². The lowest BCUT2D eigenvalue weighted by Gasteiger charge is -2.17. The van der Waals surface area contributed by atoms with Crippen LogP contribution in [0, 0.1) is 6.92 Å². The normalized spacial score (nSPS) is 12.0. The summed E-state index contributed by atoms with van der Waals surface area (Å²) in [5.74, 6) is 0.635. The summed E-state index contributed by atoms with van der Waals surface area (Å²) in [7, 11) is 1.56. The molecule has 23 heavy (non-hydrogen) atoms. The minimum absolute atomic E-state index is 0.0500. The summed E-state index contributed by atoms with van der Waals surface area (Å²) in [6.45, 7) is 4.72. The summed E-state index contributed by atoms with van der Waals surface area (Å²) >= 11 is 0. The van der Waals surface area contributed by atoms with E-state index in [-0.39, 0.29) is 11.8 Å². The maximum atomic E-state index is 12.6. The third-order valence-corrected chi connectivity index (χ3v) is 3.91. The van der Waals surface area contributed by atoms with Crippen LogP contribution in [0.1, 0.15) is 34.8 Å². The van der Waals surface area contributed by atoms with Crippen molar-refractivity contribution in [3.05, 3.63) is 59.2 Å². The maximum Gasteiger partial charge on any atom is 0.179 e. The van der Waals surface area contributed by atoms with Crippen molar-refractivity contribution < 1.29 is 9.53 Å². The molecule has 0 aliphatic heterocycles. The molecule has 2 aromatic carbocycles. The van der Waals surface area contributed by atoms with Crippen molar-refractivity contribution in [2.24, 2.45) is 0 Å². The molecule has 4 nitrogen and oxygen atoms in total. The van der Waals surface area contributed by atoms with Gasteiger partial charge in [0.25, 0.3) is 0 Å². The number of hydrogen-bond acceptors (Lipinski definition) is 4. The molecule has 122 valence electrons. The Balaban J connectivity index is 2.06. The molecular formula is C19H24N2O2. The van der Waals surface area contributed by atoms with E-state index in [4.69, 9.17) is 10.5 Å². The lowest BCUT2D eigenvalue weighted by atomic mass is 10.0. The Morgan fingerprint density at radius 1 is 1.22 bits per heavy atom. The number of rotatable bonds is 7. The zero-order valence-electron chi connectivity index (χ0n) is 13.9. The minimum atomic E-state index is -0.232. The molecule has 0 fully saturated rings. The topological polar surface area (TPSA) is 64.3 Å². The fraction of sp³-hybridized carbons (Fsp3) is 0.316. The van der Waals surface area contributed by atoms with Gasteiger partial charge in [-0.2, -0.15) is 0 Å². The highest BCUT2D eigenvalue weighted by molar-refractivity contribution is 6.01. The molecule has 0 bridgehead atoms. The Morgan fingerprint density at radius 3 is 2.48 bits per heavy atom. The van der Waals surface area contributed by atoms with Gasteiger partial charge in [-0.3, -0.25) is 4.79 Å². The van der Waals surface area contributed by atoms with E-state index in [0.717, 1.165) is 12.0 Å². The first-order valence-corrected chi connectivity index (χ1v) is 7.81. The molecule has 0 spiro atoms. The van der Waals surface area contributed by atoms with Gasteiger partial charge in [-0.15, -0.1) is 0 Å². The first-order chi connectivity index (χ1) is 11.0. The van der Waals surface area contributed by atoms with Crippen LogP contribution in [0.3, 0.4) is 0 Å². The van der Waals surface area contributed by atoms with Gasteiger partial charge in [0, 0.05) is 12.1 Å². The molecular weight excluding hydrogens is 288 g/mol. The summed E-state index contributed by atoms with van der Waals surface area (Å²) in [4.78, 5) is 12.6. The van der Waals surface area contributed by atoms with E-state index in [2.05, 4.69) is 36.5 Å². The Hall–Kier alpha value is -2.33. The number of aryl methyl sites for hydroxylation is 1. The van der Waals surface area contributed by atoms with Gasteiger partial charge in [0.1, 0.15) is 5.75 Å². The summed E-state index contributed by atoms with van der Waals surface area (Å²) < 4.78 is 5.13. The molecule has 2 aromatic rings. The van der Waals surface area contributed by atoms with E-state index in [0.29, 0.717) is 23.5 Å². The van der Waals surface area contributed by atoms with E-state index >= 15 is 0 Å². The molecule has 0 amide bonds. The number of nitrogen functional groups attached to an aromatic ring is 1. The number of hydrogen-bond donors (Lipinski definition) is 2. The van der Waals surface area contributed by atoms with Crippen molar-refractivity contribution in [2.75, 3.05) is 12.8 Å². The number of ketones is 1. The van der Waals surface area contributed by atoms with Crippen molar-refractivity contribution in [1.82, 2.24) is 5.32 Å². The summed E-state index contributed by atoms with van der Waals surface area (Å²) in [5, 5.41) is 3.33. The second-order valence-electron chi connectivity index (χ2n) is 5.65. The number of ether oxygens (including phenoxy) is 1. The molecule has 4 heteroatoms. The van der Waals surface area contributed by atoms with Gasteiger partial charge in [-0.05, 0) is 37.1 Å². The highest BCUT2D eigenvalue weighted by Crippen LogP contribution is 2.23. The molecule has 2 rings (SSSR count). The predicted octanol–water partition coefficient (Wildman–Crippen LogP) is 3.34. The van der Waals surface area contributed by atoms with Crippen molar-refractivity contribution in [2.45, 2.75) is 32.9 Å². The first kappa shape index (κ1) is 17.0. The van der Waals surface area contributed by atoms with Crippen LogP contribution < -0.4 is 15.8 Å². The molecule has 1 unspecified atom stereocenters. The first-order valence-electron chi connectivity index (χ1n) is 7.81. The summed E-state index contributed by atoms with van der Waals surface area (Å²) in [6, 6.07) is 13.2. The Morgan fingerprint density at radius 2 is 1.91 bits per heavy atom. The van der Waals surface area contributed by atoms with E-state index in [1.165, 1.54) is 5.56 Å². The van der Waals surface area contributed by atoms with Crippen LogP contribution in [0.25, 0.3) is 0 Å². The predicted molar refractivity (Wildman–Crippen MR) is 93.8 cm³/mol. The van der Waals surface area contributed by atoms with Gasteiger partial charge in [-0.25, -0.2) is 0 Å². The third kappa shape index (κ3) is 4.33. The second kappa shape index (κ2) is 7.79. The van der Waals surface area contributed by atoms with Crippen molar-refractivity contribution in [3.8, 4) is 5.75 Å². The van der Waals surface area contributed by atoms with E-state index in [1.54, 1.807) is 25.3 Å². The van der Waals surface area contributed by atoms with Crippen LogP contribution in [0.15, 0.2) is 42.5 Å². The smallest absolute Gasteiger partial charge is 0.179 e. The van der Waals surface area contributed by atoms with E-state index < -0.39 is 0 Å². The molecule has 0 saturated carbocycles. The Kier molecular flexibility index (Phi) is 5.77. The molecule has 1 atom stereocenters. The maximum absolute atomic E-state index is 12.6. The third-order valence-electron chi connectivity index (χ3n) is 3.91. The van der Waals surface area contributed by atoms with Crippen LogP contribution in [-0.2, 0) is 6.54 Å². The number of anilines is 1. The van der Waals surface area contributed by atoms with E-state index in [9.17, 15) is 4.79 Å². The molecule has 0 aromatic heterocycles. The molecule has 0 aliphatic carbocycles. The number of carbonyl (C=O) groups is 1. The average Bonchev–Trinajstić information content (AvgIpc) is 2.56. The molecule has 3 N–H and O–H groups in total. The summed E-state index contributed by atoms with van der Waals surface area (Å²) in [5.41, 5.74) is 9.37. The highest BCUT2D eigenvalue weighted by atomic mass is 16.5. The number of nitrogens with one attached hydrogen (secondary N) is 1. The fourth-order valence-corrected chi connectivity index (χ4v) is 2.46. The molecule has 0 heterocycles. The van der Waals surface area contributed by atoms with Gasteiger partial charge in [0.15, 0.2) is 5.78 Å². The number of nitrogens with two attached hydrogens (primary N) is 1. The second-order valence-corrected chi connectivity index (χ2v) is 5.65. The fourth-order valence-electron chi connectivity index (χ4n) is 2.46. The van der Waals surface area contributed by atoms with Gasteiger partial charge in [0.05, 0.1) is 18.8 Å². The van der Waals surface area contributed by atoms with Crippen LogP contribution in [0.5, 0.6) is 5.75 Å². The van der Waals surface area contributed by atoms with Crippen LogP contribution in [0.2, 0.25) is 0 Å². The largest absolute Gasteiger partial charge is 0.495 e. The molecule has 0 radical (unpaired) electrons. The highest BCUT2D eigenvalue weighted by Gasteiger charge is 2.18. The zero-order valence-corrected chi connectivity index (χ0v) is 13.9. The minimum Gasteiger partial charge on any atom is -0.495 e. The number of Topliss-reactive ketones (excluding diaryl/α,β-unsaturated/α-hetero) is 1. The van der Waals surface area contributed by atoms with Crippen molar-refractivity contribution in [3.63, 3.8) is 0 Å². The van der Waals surface area contributed by atoms with Crippen LogP contribution >= 0.6 is 0 Å².